The van der Waals surface area contributed by atoms with E-state index in [1.54, 1.807) is 0 Å². The van der Waals surface area contributed by atoms with Crippen molar-refractivity contribution in [2.75, 3.05) is 0 Å². The largest absolute Gasteiger partial charge is 0.240 e. The third kappa shape index (κ3) is 3.35. The molecule has 0 aliphatic heterocycles. The van der Waals surface area contributed by atoms with E-state index in [4.69, 9.17) is 0 Å². The molecule has 2 nitrogen and oxygen atoms in total. The van der Waals surface area contributed by atoms with Crippen molar-refractivity contribution in [3.8, 4) is 0 Å². The van der Waals surface area contributed by atoms with E-state index in [0.29, 0.717) is 5.25 Å². The molecular weight excluding hydrogens is 180 g/mol. The van der Waals surface area contributed by atoms with E-state index in [9.17, 15) is 0 Å². The van der Waals surface area contributed by atoms with Gasteiger partial charge in [-0.3, -0.25) is 0 Å². The number of aromatic nitrogens is 2. The highest BCUT2D eigenvalue weighted by Crippen LogP contribution is 2.14. The van der Waals surface area contributed by atoms with Gasteiger partial charge in [0.2, 0.25) is 0 Å². The maximum atomic E-state index is 4.41. The van der Waals surface area contributed by atoms with Crippen LogP contribution in [0.25, 0.3) is 0 Å². The minimum atomic E-state index is 0.644. The Balaban J connectivity index is 2.63. The molecule has 0 radical (unpaired) electrons. The fraction of sp³-hybridized carbons (Fsp3) is 0.600. The molecular formula is C10H16N2S. The highest BCUT2D eigenvalue weighted by molar-refractivity contribution is 7.99. The normalized spacial score (nSPS) is 10.8. The molecule has 0 spiro atoms. The molecule has 13 heavy (non-hydrogen) atoms. The van der Waals surface area contributed by atoms with Gasteiger partial charge in [0.1, 0.15) is 5.82 Å². The quantitative estimate of drug-likeness (QED) is 0.743. The third-order valence-electron chi connectivity index (χ3n) is 1.82. The number of hydrogen-bond donors (Lipinski definition) is 0. The summed E-state index contributed by atoms with van der Waals surface area (Å²) in [5, 5.41) is 0.644. The molecule has 0 bridgehead atoms. The van der Waals surface area contributed by atoms with Gasteiger partial charge >= 0.3 is 0 Å². The van der Waals surface area contributed by atoms with Crippen LogP contribution in [0.2, 0.25) is 0 Å². The molecule has 0 saturated carbocycles. The molecule has 0 aliphatic rings. The smallest absolute Gasteiger partial charge is 0.138 e. The van der Waals surface area contributed by atoms with E-state index >= 15 is 0 Å². The van der Waals surface area contributed by atoms with E-state index < -0.39 is 0 Å². The maximum absolute atomic E-state index is 4.41. The van der Waals surface area contributed by atoms with Gasteiger partial charge in [0, 0.05) is 11.9 Å². The summed E-state index contributed by atoms with van der Waals surface area (Å²) < 4.78 is 0. The Labute approximate surface area is 84.2 Å². The maximum Gasteiger partial charge on any atom is 0.138 e. The van der Waals surface area contributed by atoms with Crippen molar-refractivity contribution in [2.45, 2.75) is 38.7 Å². The van der Waals surface area contributed by atoms with Gasteiger partial charge in [-0.1, -0.05) is 13.8 Å². The average molecular weight is 196 g/mol. The van der Waals surface area contributed by atoms with Crippen molar-refractivity contribution in [1.29, 1.82) is 0 Å². The summed E-state index contributed by atoms with van der Waals surface area (Å²) in [6, 6.07) is 0. The van der Waals surface area contributed by atoms with Crippen molar-refractivity contribution in [1.82, 2.24) is 9.97 Å². The molecule has 0 aromatic carbocycles. The lowest BCUT2D eigenvalue weighted by molar-refractivity contribution is 0.967. The Morgan fingerprint density at radius 1 is 1.38 bits per heavy atom. The van der Waals surface area contributed by atoms with Gasteiger partial charge in [0.05, 0.1) is 5.75 Å². The average Bonchev–Trinajstić information content (AvgIpc) is 2.07. The Bertz CT molecular complexity index is 284. The SMILES string of the molecule is Cc1cnc(CSC(C)C)nc1C. The Morgan fingerprint density at radius 3 is 2.62 bits per heavy atom. The minimum Gasteiger partial charge on any atom is -0.240 e. The first kappa shape index (κ1) is 10.5. The monoisotopic (exact) mass is 196 g/mol. The van der Waals surface area contributed by atoms with Crippen LogP contribution in [-0.4, -0.2) is 15.2 Å². The van der Waals surface area contributed by atoms with E-state index in [-0.39, 0.29) is 0 Å². The zero-order valence-electron chi connectivity index (χ0n) is 8.66. The van der Waals surface area contributed by atoms with Gasteiger partial charge < -0.3 is 0 Å². The fourth-order valence-corrected chi connectivity index (χ4v) is 1.51. The molecule has 1 rings (SSSR count). The Kier molecular flexibility index (Phi) is 3.72. The molecule has 1 aromatic rings. The highest BCUT2D eigenvalue weighted by atomic mass is 32.2. The lowest BCUT2D eigenvalue weighted by atomic mass is 10.3. The molecule has 0 N–H and O–H groups in total. The summed E-state index contributed by atoms with van der Waals surface area (Å²) in [7, 11) is 0. The molecule has 0 amide bonds. The molecule has 0 saturated heterocycles. The van der Waals surface area contributed by atoms with Crippen LogP contribution < -0.4 is 0 Å². The van der Waals surface area contributed by atoms with Gasteiger partial charge in [-0.05, 0) is 24.7 Å². The predicted octanol–water partition coefficient (Wildman–Crippen LogP) is 2.74. The van der Waals surface area contributed by atoms with Gasteiger partial charge in [-0.2, -0.15) is 11.8 Å². The summed E-state index contributed by atoms with van der Waals surface area (Å²) in [5.74, 6) is 1.86. The van der Waals surface area contributed by atoms with Gasteiger partial charge in [0.25, 0.3) is 0 Å². The standard InChI is InChI=1S/C10H16N2S/c1-7(2)13-6-10-11-5-8(3)9(4)12-10/h5,7H,6H2,1-4H3. The topological polar surface area (TPSA) is 25.8 Å². The molecule has 0 aliphatic carbocycles. The van der Waals surface area contributed by atoms with Crippen LogP contribution in [0.1, 0.15) is 30.9 Å². The summed E-state index contributed by atoms with van der Waals surface area (Å²) in [6.07, 6.45) is 1.90. The van der Waals surface area contributed by atoms with Crippen molar-refractivity contribution >= 4 is 11.8 Å². The zero-order chi connectivity index (χ0) is 9.84. The number of rotatable bonds is 3. The summed E-state index contributed by atoms with van der Waals surface area (Å²) in [6.45, 7) is 8.44. The summed E-state index contributed by atoms with van der Waals surface area (Å²) >= 11 is 1.87. The van der Waals surface area contributed by atoms with Crippen LogP contribution >= 0.6 is 11.8 Å². The molecule has 72 valence electrons. The van der Waals surface area contributed by atoms with Crippen LogP contribution in [0.5, 0.6) is 0 Å². The summed E-state index contributed by atoms with van der Waals surface area (Å²) in [5.41, 5.74) is 2.26. The first-order chi connectivity index (χ1) is 6.09. The van der Waals surface area contributed by atoms with E-state index in [1.165, 1.54) is 5.56 Å². The summed E-state index contributed by atoms with van der Waals surface area (Å²) in [4.78, 5) is 8.69. The highest BCUT2D eigenvalue weighted by Gasteiger charge is 2.01. The molecule has 1 heterocycles. The molecule has 0 fully saturated rings. The van der Waals surface area contributed by atoms with Crippen molar-refractivity contribution in [2.24, 2.45) is 0 Å². The number of nitrogens with zero attached hydrogens (tertiary/aromatic N) is 2. The molecule has 1 aromatic heterocycles. The van der Waals surface area contributed by atoms with Crippen LogP contribution in [0.3, 0.4) is 0 Å². The number of thioether (sulfide) groups is 1. The molecule has 0 unspecified atom stereocenters. The second kappa shape index (κ2) is 4.61. The van der Waals surface area contributed by atoms with E-state index in [0.717, 1.165) is 17.3 Å². The van der Waals surface area contributed by atoms with Crippen LogP contribution in [-0.2, 0) is 5.75 Å². The van der Waals surface area contributed by atoms with Gasteiger partial charge in [-0.25, -0.2) is 9.97 Å². The lowest BCUT2D eigenvalue weighted by Crippen LogP contribution is -1.98. The predicted molar refractivity (Wildman–Crippen MR) is 57.9 cm³/mol. The van der Waals surface area contributed by atoms with Crippen molar-refractivity contribution in [3.05, 3.63) is 23.3 Å². The Morgan fingerprint density at radius 2 is 2.08 bits per heavy atom. The second-order valence-electron chi connectivity index (χ2n) is 3.41. The minimum absolute atomic E-state index is 0.644. The van der Waals surface area contributed by atoms with Gasteiger partial charge in [-0.15, -0.1) is 0 Å². The molecule has 3 heteroatoms. The fourth-order valence-electron chi connectivity index (χ4n) is 0.886. The van der Waals surface area contributed by atoms with Crippen molar-refractivity contribution < 1.29 is 0 Å². The first-order valence-electron chi connectivity index (χ1n) is 4.50. The van der Waals surface area contributed by atoms with Gasteiger partial charge in [0.15, 0.2) is 0 Å². The third-order valence-corrected chi connectivity index (χ3v) is 2.91. The number of aryl methyl sites for hydroxylation is 2. The first-order valence-corrected chi connectivity index (χ1v) is 5.55. The van der Waals surface area contributed by atoms with E-state index in [2.05, 4.69) is 23.8 Å². The van der Waals surface area contributed by atoms with Crippen molar-refractivity contribution in [3.63, 3.8) is 0 Å². The second-order valence-corrected chi connectivity index (χ2v) is 4.98. The van der Waals surface area contributed by atoms with Crippen LogP contribution in [0.4, 0.5) is 0 Å². The Hall–Kier alpha value is -0.570. The number of hydrogen-bond acceptors (Lipinski definition) is 3. The zero-order valence-corrected chi connectivity index (χ0v) is 9.48. The molecule has 0 atom stereocenters. The van der Waals surface area contributed by atoms with Crippen LogP contribution in [0, 0.1) is 13.8 Å². The van der Waals surface area contributed by atoms with Crippen LogP contribution in [0.15, 0.2) is 6.20 Å². The van der Waals surface area contributed by atoms with E-state index in [1.807, 2.05) is 31.8 Å². The lowest BCUT2D eigenvalue weighted by Gasteiger charge is -2.05.